The fourth-order valence-electron chi connectivity index (χ4n) is 1.75. The monoisotopic (exact) mass is 288 g/mol. The van der Waals surface area contributed by atoms with Crippen LogP contribution in [-0.4, -0.2) is 39.6 Å². The maximum absolute atomic E-state index is 4.14. The first kappa shape index (κ1) is 10.7. The van der Waals surface area contributed by atoms with Crippen LogP contribution < -0.4 is 0 Å². The van der Waals surface area contributed by atoms with Crippen LogP contribution in [0.15, 0.2) is 12.4 Å². The predicted molar refractivity (Wildman–Crippen MR) is 68.8 cm³/mol. The van der Waals surface area contributed by atoms with Crippen LogP contribution in [0.25, 0.3) is 20.4 Å². The lowest BCUT2D eigenvalue weighted by Gasteiger charge is -1.99. The molecule has 0 saturated carbocycles. The standard InChI is InChI=1S/C9H4N8S2/c1(4-8-6(2-10-12-4)14-16-18-8)5-9-7(3-11-13-5)15-17-19-9/h2-3H,1H2. The molecule has 8 nitrogen and oxygen atoms in total. The van der Waals surface area contributed by atoms with E-state index in [0.29, 0.717) is 6.42 Å². The molecule has 0 aromatic carbocycles. The molecule has 0 aliphatic carbocycles. The van der Waals surface area contributed by atoms with Gasteiger partial charge in [0.2, 0.25) is 0 Å². The smallest absolute Gasteiger partial charge is 0.128 e. The number of hydrogen-bond donors (Lipinski definition) is 0. The summed E-state index contributed by atoms with van der Waals surface area (Å²) in [6.07, 6.45) is 3.72. The van der Waals surface area contributed by atoms with Gasteiger partial charge in [-0.1, -0.05) is 8.98 Å². The third-order valence-corrected chi connectivity index (χ3v) is 4.18. The Labute approximate surface area is 113 Å². The molecule has 4 aromatic rings. The van der Waals surface area contributed by atoms with E-state index in [2.05, 4.69) is 39.6 Å². The Balaban J connectivity index is 1.86. The summed E-state index contributed by atoms with van der Waals surface area (Å²) in [5.41, 5.74) is 3.08. The molecular formula is C9H4N8S2. The summed E-state index contributed by atoms with van der Waals surface area (Å²) in [4.78, 5) is 0. The quantitative estimate of drug-likeness (QED) is 0.535. The lowest BCUT2D eigenvalue weighted by molar-refractivity contribution is 0.906. The molecular weight excluding hydrogens is 284 g/mol. The van der Waals surface area contributed by atoms with E-state index in [1.54, 1.807) is 12.4 Å². The van der Waals surface area contributed by atoms with Crippen LogP contribution >= 0.6 is 23.1 Å². The van der Waals surface area contributed by atoms with Crippen LogP contribution in [0.4, 0.5) is 0 Å². The zero-order valence-corrected chi connectivity index (χ0v) is 10.9. The maximum atomic E-state index is 4.14. The van der Waals surface area contributed by atoms with E-state index in [1.807, 2.05) is 0 Å². The van der Waals surface area contributed by atoms with Crippen LogP contribution in [0.2, 0.25) is 0 Å². The molecule has 0 atom stereocenters. The lowest BCUT2D eigenvalue weighted by atomic mass is 10.2. The molecule has 19 heavy (non-hydrogen) atoms. The molecule has 0 amide bonds. The minimum atomic E-state index is 0.516. The molecule has 4 aromatic heterocycles. The fraction of sp³-hybridized carbons (Fsp3) is 0.111. The Bertz CT molecular complexity index is 797. The minimum Gasteiger partial charge on any atom is -0.156 e. The van der Waals surface area contributed by atoms with Crippen LogP contribution in [0.3, 0.4) is 0 Å². The van der Waals surface area contributed by atoms with Crippen molar-refractivity contribution in [3.05, 3.63) is 23.8 Å². The fourth-order valence-corrected chi connectivity index (χ4v) is 2.98. The van der Waals surface area contributed by atoms with Gasteiger partial charge in [-0.25, -0.2) is 0 Å². The first-order chi connectivity index (χ1) is 9.42. The molecule has 0 radical (unpaired) electrons. The van der Waals surface area contributed by atoms with E-state index in [9.17, 15) is 0 Å². The molecule has 4 heterocycles. The highest BCUT2D eigenvalue weighted by atomic mass is 32.1. The van der Waals surface area contributed by atoms with Crippen molar-refractivity contribution in [2.75, 3.05) is 0 Å². The number of nitrogens with zero attached hydrogens (tertiary/aromatic N) is 8. The topological polar surface area (TPSA) is 103 Å². The Hall–Kier alpha value is -2.20. The van der Waals surface area contributed by atoms with Gasteiger partial charge < -0.3 is 0 Å². The van der Waals surface area contributed by atoms with Crippen LogP contribution in [0, 0.1) is 0 Å². The van der Waals surface area contributed by atoms with Crippen molar-refractivity contribution in [1.82, 2.24) is 39.6 Å². The molecule has 0 bridgehead atoms. The van der Waals surface area contributed by atoms with Gasteiger partial charge >= 0.3 is 0 Å². The average Bonchev–Trinajstić information content (AvgIpc) is 3.08. The van der Waals surface area contributed by atoms with Gasteiger partial charge in [-0.3, -0.25) is 0 Å². The lowest BCUT2D eigenvalue weighted by Crippen LogP contribution is -1.98. The van der Waals surface area contributed by atoms with Crippen LogP contribution in [0.5, 0.6) is 0 Å². The Morgan fingerprint density at radius 1 is 0.737 bits per heavy atom. The highest BCUT2D eigenvalue weighted by Crippen LogP contribution is 2.23. The SMILES string of the molecule is c1nnc(Cc2nncc3nnsc23)c2snnc12. The number of rotatable bonds is 2. The highest BCUT2D eigenvalue weighted by molar-refractivity contribution is 7.13. The maximum Gasteiger partial charge on any atom is 0.128 e. The molecule has 0 fully saturated rings. The summed E-state index contributed by atoms with van der Waals surface area (Å²) in [6.45, 7) is 0. The first-order valence-electron chi connectivity index (χ1n) is 5.27. The summed E-state index contributed by atoms with van der Waals surface area (Å²) in [7, 11) is 0. The second-order valence-electron chi connectivity index (χ2n) is 3.73. The van der Waals surface area contributed by atoms with Gasteiger partial charge in [0.1, 0.15) is 20.4 Å². The van der Waals surface area contributed by atoms with Gasteiger partial charge in [-0.2, -0.15) is 20.4 Å². The number of hydrogen-bond acceptors (Lipinski definition) is 10. The highest BCUT2D eigenvalue weighted by Gasteiger charge is 2.13. The van der Waals surface area contributed by atoms with Gasteiger partial charge in [0.05, 0.1) is 23.8 Å². The Kier molecular flexibility index (Phi) is 2.35. The van der Waals surface area contributed by atoms with E-state index in [4.69, 9.17) is 0 Å². The second kappa shape index (κ2) is 4.17. The summed E-state index contributed by atoms with van der Waals surface area (Å²) < 4.78 is 9.66. The summed E-state index contributed by atoms with van der Waals surface area (Å²) in [5, 5.41) is 24.1. The van der Waals surface area contributed by atoms with Crippen LogP contribution in [0.1, 0.15) is 11.4 Å². The molecule has 4 rings (SSSR count). The van der Waals surface area contributed by atoms with E-state index < -0.39 is 0 Å². The molecule has 0 N–H and O–H groups in total. The summed E-state index contributed by atoms with van der Waals surface area (Å²) in [6, 6.07) is 0. The number of fused-ring (bicyclic) bond motifs is 2. The molecule has 0 spiro atoms. The van der Waals surface area contributed by atoms with Crippen molar-refractivity contribution in [3.8, 4) is 0 Å². The molecule has 0 saturated heterocycles. The minimum absolute atomic E-state index is 0.516. The Morgan fingerprint density at radius 3 is 1.79 bits per heavy atom. The predicted octanol–water partition coefficient (Wildman–Crippen LogP) is 0.867. The van der Waals surface area contributed by atoms with Crippen molar-refractivity contribution >= 4 is 43.5 Å². The van der Waals surface area contributed by atoms with E-state index in [1.165, 1.54) is 23.1 Å². The summed E-state index contributed by atoms with van der Waals surface area (Å²) >= 11 is 2.60. The van der Waals surface area contributed by atoms with Crippen molar-refractivity contribution in [1.29, 1.82) is 0 Å². The average molecular weight is 288 g/mol. The Morgan fingerprint density at radius 2 is 1.26 bits per heavy atom. The second-order valence-corrected chi connectivity index (χ2v) is 5.24. The number of aromatic nitrogens is 8. The van der Waals surface area contributed by atoms with E-state index >= 15 is 0 Å². The molecule has 0 aliphatic heterocycles. The van der Waals surface area contributed by atoms with Crippen molar-refractivity contribution in [2.45, 2.75) is 6.42 Å². The third kappa shape index (κ3) is 1.72. The molecule has 10 heteroatoms. The van der Waals surface area contributed by atoms with Crippen molar-refractivity contribution in [3.63, 3.8) is 0 Å². The normalized spacial score (nSPS) is 11.4. The van der Waals surface area contributed by atoms with Gasteiger partial charge in [0, 0.05) is 6.42 Å². The zero-order chi connectivity index (χ0) is 12.7. The van der Waals surface area contributed by atoms with Crippen molar-refractivity contribution in [2.24, 2.45) is 0 Å². The van der Waals surface area contributed by atoms with Crippen LogP contribution in [-0.2, 0) is 6.42 Å². The molecule has 0 unspecified atom stereocenters. The van der Waals surface area contributed by atoms with Gasteiger partial charge in [0.25, 0.3) is 0 Å². The van der Waals surface area contributed by atoms with Crippen molar-refractivity contribution < 1.29 is 0 Å². The van der Waals surface area contributed by atoms with Gasteiger partial charge in [-0.05, 0) is 23.1 Å². The third-order valence-electron chi connectivity index (χ3n) is 2.60. The zero-order valence-electron chi connectivity index (χ0n) is 9.26. The first-order valence-corrected chi connectivity index (χ1v) is 6.82. The largest absolute Gasteiger partial charge is 0.156 e. The van der Waals surface area contributed by atoms with Gasteiger partial charge in [0.15, 0.2) is 0 Å². The molecule has 92 valence electrons. The van der Waals surface area contributed by atoms with E-state index in [-0.39, 0.29) is 0 Å². The van der Waals surface area contributed by atoms with Gasteiger partial charge in [-0.15, -0.1) is 10.2 Å². The summed E-state index contributed by atoms with van der Waals surface area (Å²) in [5.74, 6) is 0. The molecule has 0 aliphatic rings. The van der Waals surface area contributed by atoms with E-state index in [0.717, 1.165) is 31.8 Å².